The minimum Gasteiger partial charge on any atom is -0.507 e. The Hall–Kier alpha value is -5.25. The number of hydrogen-bond donors (Lipinski definition) is 4. The molecule has 40 heavy (non-hydrogen) atoms. The summed E-state index contributed by atoms with van der Waals surface area (Å²) in [5, 5.41) is 41.6. The Labute approximate surface area is 224 Å². The van der Waals surface area contributed by atoms with Crippen LogP contribution in [-0.4, -0.2) is 31.0 Å². The first kappa shape index (κ1) is 23.8. The minimum absolute atomic E-state index is 0.0657. The van der Waals surface area contributed by atoms with Gasteiger partial charge in [0.15, 0.2) is 17.3 Å². The average Bonchev–Trinajstić information content (AvgIpc) is 2.93. The van der Waals surface area contributed by atoms with Gasteiger partial charge in [0.05, 0.1) is 11.9 Å². The number of carbonyl (C=O) groups is 1. The van der Waals surface area contributed by atoms with Crippen LogP contribution in [-0.2, 0) is 17.8 Å². The second-order valence-corrected chi connectivity index (χ2v) is 10.1. The number of esters is 1. The van der Waals surface area contributed by atoms with Crippen molar-refractivity contribution in [2.75, 3.05) is 0 Å². The molecule has 200 valence electrons. The smallest absolute Gasteiger partial charge is 0.312 e. The van der Waals surface area contributed by atoms with Gasteiger partial charge in [0.1, 0.15) is 22.5 Å². The Morgan fingerprint density at radius 1 is 0.900 bits per heavy atom. The van der Waals surface area contributed by atoms with Gasteiger partial charge < -0.3 is 34.1 Å². The molecule has 7 rings (SSSR count). The Balaban J connectivity index is 1.56. The molecular formula is C30H21NO9. The molecule has 2 aliphatic heterocycles. The molecule has 2 aliphatic rings. The highest BCUT2D eigenvalue weighted by molar-refractivity contribution is 5.95. The van der Waals surface area contributed by atoms with Gasteiger partial charge >= 0.3 is 5.97 Å². The van der Waals surface area contributed by atoms with E-state index in [9.17, 15) is 34.8 Å². The van der Waals surface area contributed by atoms with E-state index in [4.69, 9.17) is 9.15 Å². The SMILES string of the molecule is O=C1CC(c2cc3cccc4c3n(c2=O)CCC4)c2c(cc(O)c3c(=O)c(O)c(-c4ccc(O)c(O)c4)oc23)O1. The maximum atomic E-state index is 13.9. The zero-order valence-electron chi connectivity index (χ0n) is 20.8. The predicted molar refractivity (Wildman–Crippen MR) is 143 cm³/mol. The van der Waals surface area contributed by atoms with Crippen molar-refractivity contribution in [3.05, 3.63) is 85.8 Å². The normalized spacial score (nSPS) is 16.2. The van der Waals surface area contributed by atoms with E-state index in [1.54, 1.807) is 10.6 Å². The van der Waals surface area contributed by atoms with Crippen LogP contribution >= 0.6 is 0 Å². The number of pyridine rings is 1. The molecule has 0 fully saturated rings. The molecule has 0 spiro atoms. The fourth-order valence-electron chi connectivity index (χ4n) is 5.94. The molecule has 1 unspecified atom stereocenters. The maximum absolute atomic E-state index is 13.9. The van der Waals surface area contributed by atoms with E-state index in [-0.39, 0.29) is 45.6 Å². The summed E-state index contributed by atoms with van der Waals surface area (Å²) in [4.78, 5) is 39.9. The molecule has 4 N–H and O–H groups in total. The Kier molecular flexibility index (Phi) is 4.99. The second-order valence-electron chi connectivity index (χ2n) is 10.1. The highest BCUT2D eigenvalue weighted by Gasteiger charge is 2.36. The van der Waals surface area contributed by atoms with Crippen molar-refractivity contribution in [1.29, 1.82) is 0 Å². The van der Waals surface area contributed by atoms with Gasteiger partial charge in [-0.2, -0.15) is 0 Å². The number of aromatic hydroxyl groups is 4. The molecule has 0 bridgehead atoms. The second kappa shape index (κ2) is 8.37. The summed E-state index contributed by atoms with van der Waals surface area (Å²) in [6.07, 6.45) is 1.41. The van der Waals surface area contributed by atoms with E-state index in [1.165, 1.54) is 6.07 Å². The minimum atomic E-state index is -0.963. The summed E-state index contributed by atoms with van der Waals surface area (Å²) >= 11 is 0. The summed E-state index contributed by atoms with van der Waals surface area (Å²) < 4.78 is 13.2. The van der Waals surface area contributed by atoms with Gasteiger partial charge in [0.25, 0.3) is 5.56 Å². The van der Waals surface area contributed by atoms with Crippen molar-refractivity contribution in [3.63, 3.8) is 0 Å². The van der Waals surface area contributed by atoms with Gasteiger partial charge in [-0.25, -0.2) is 0 Å². The molecule has 0 saturated heterocycles. The third kappa shape index (κ3) is 3.32. The molecule has 0 aliphatic carbocycles. The summed E-state index contributed by atoms with van der Waals surface area (Å²) in [6.45, 7) is 0.512. The van der Waals surface area contributed by atoms with Crippen LogP contribution in [0.25, 0.3) is 33.2 Å². The number of rotatable bonds is 2. The maximum Gasteiger partial charge on any atom is 0.312 e. The predicted octanol–water partition coefficient (Wildman–Crippen LogP) is 3.98. The molecule has 2 aromatic heterocycles. The molecule has 10 heteroatoms. The molecular weight excluding hydrogens is 518 g/mol. The zero-order valence-corrected chi connectivity index (χ0v) is 20.8. The molecule has 5 aromatic rings. The highest BCUT2D eigenvalue weighted by atomic mass is 16.5. The number of benzene rings is 3. The topological polar surface area (TPSA) is 159 Å². The Morgan fingerprint density at radius 2 is 1.73 bits per heavy atom. The van der Waals surface area contributed by atoms with E-state index in [1.807, 2.05) is 18.2 Å². The quantitative estimate of drug-likeness (QED) is 0.148. The van der Waals surface area contributed by atoms with E-state index in [0.717, 1.165) is 47.5 Å². The lowest BCUT2D eigenvalue weighted by atomic mass is 9.84. The van der Waals surface area contributed by atoms with E-state index in [0.29, 0.717) is 12.1 Å². The van der Waals surface area contributed by atoms with Crippen LogP contribution in [0, 0.1) is 0 Å². The zero-order chi connectivity index (χ0) is 27.9. The third-order valence-electron chi connectivity index (χ3n) is 7.73. The number of aromatic nitrogens is 1. The lowest BCUT2D eigenvalue weighted by molar-refractivity contribution is -0.135. The lowest BCUT2D eigenvalue weighted by Gasteiger charge is -2.27. The lowest BCUT2D eigenvalue weighted by Crippen LogP contribution is -2.31. The summed E-state index contributed by atoms with van der Waals surface area (Å²) in [7, 11) is 0. The fraction of sp³-hybridized carbons (Fsp3) is 0.167. The molecule has 1 atom stereocenters. The number of para-hydroxylation sites is 1. The first-order valence-corrected chi connectivity index (χ1v) is 12.7. The Morgan fingerprint density at radius 3 is 2.52 bits per heavy atom. The van der Waals surface area contributed by atoms with Crippen LogP contribution in [0.3, 0.4) is 0 Å². The van der Waals surface area contributed by atoms with E-state index in [2.05, 4.69) is 0 Å². The number of hydrogen-bond acceptors (Lipinski definition) is 9. The van der Waals surface area contributed by atoms with Crippen LogP contribution in [0.1, 0.15) is 35.4 Å². The summed E-state index contributed by atoms with van der Waals surface area (Å²) in [6, 6.07) is 12.2. The summed E-state index contributed by atoms with van der Waals surface area (Å²) in [5.74, 6) is -4.29. The third-order valence-corrected chi connectivity index (χ3v) is 7.73. The monoisotopic (exact) mass is 539 g/mol. The number of aryl methyl sites for hydroxylation is 2. The van der Waals surface area contributed by atoms with Gasteiger partial charge in [-0.1, -0.05) is 18.2 Å². The number of nitrogens with zero attached hydrogens (tertiary/aromatic N) is 1. The number of ether oxygens (including phenoxy) is 1. The first-order valence-electron chi connectivity index (χ1n) is 12.7. The molecule has 0 amide bonds. The molecule has 0 radical (unpaired) electrons. The van der Waals surface area contributed by atoms with Crippen molar-refractivity contribution >= 4 is 27.8 Å². The Bertz CT molecular complexity index is 2050. The number of phenols is 3. The standard InChI is InChI=1S/C30H21NO9/c32-18-7-6-15(10-19(18)33)28-27(37)26(36)24-20(34)12-21-23(29(24)40-28)16(11-22(35)39-21)17-9-14-4-1-3-13-5-2-8-31(25(13)14)30(17)38/h1,3-4,6-7,9-10,12,16,32-34,37H,2,5,8,11H2. The van der Waals surface area contributed by atoms with Crippen LogP contribution in [0.4, 0.5) is 0 Å². The van der Waals surface area contributed by atoms with Crippen molar-refractivity contribution in [3.8, 4) is 40.1 Å². The van der Waals surface area contributed by atoms with Gasteiger partial charge in [0.2, 0.25) is 11.2 Å². The van der Waals surface area contributed by atoms with Gasteiger partial charge in [-0.05, 0) is 48.1 Å². The van der Waals surface area contributed by atoms with Gasteiger partial charge in [0, 0.05) is 35.2 Å². The average molecular weight is 539 g/mol. The van der Waals surface area contributed by atoms with Crippen molar-refractivity contribution < 1.29 is 34.4 Å². The van der Waals surface area contributed by atoms with Crippen LogP contribution in [0.15, 0.2) is 62.5 Å². The van der Waals surface area contributed by atoms with E-state index >= 15 is 0 Å². The van der Waals surface area contributed by atoms with Crippen LogP contribution < -0.4 is 15.7 Å². The van der Waals surface area contributed by atoms with Crippen molar-refractivity contribution in [1.82, 2.24) is 4.57 Å². The number of carbonyl (C=O) groups excluding carboxylic acids is 1. The number of phenolic OH excluding ortho intramolecular Hbond substituents is 3. The van der Waals surface area contributed by atoms with Gasteiger partial charge in [-0.15, -0.1) is 0 Å². The molecule has 4 heterocycles. The molecule has 10 nitrogen and oxygen atoms in total. The van der Waals surface area contributed by atoms with Crippen LogP contribution in [0.2, 0.25) is 0 Å². The number of fused-ring (bicyclic) bond motifs is 3. The molecule has 0 saturated carbocycles. The largest absolute Gasteiger partial charge is 0.507 e. The van der Waals surface area contributed by atoms with E-state index < -0.39 is 40.3 Å². The fourth-order valence-corrected chi connectivity index (χ4v) is 5.94. The van der Waals surface area contributed by atoms with Gasteiger partial charge in [-0.3, -0.25) is 14.4 Å². The molecule has 3 aromatic carbocycles. The highest BCUT2D eigenvalue weighted by Crippen LogP contribution is 2.47. The van der Waals surface area contributed by atoms with Crippen LogP contribution in [0.5, 0.6) is 28.7 Å². The first-order chi connectivity index (χ1) is 19.2. The van der Waals surface area contributed by atoms with Crippen molar-refractivity contribution in [2.24, 2.45) is 0 Å². The summed E-state index contributed by atoms with van der Waals surface area (Å²) in [5.41, 5.74) is 1.06. The van der Waals surface area contributed by atoms with Crippen molar-refractivity contribution in [2.45, 2.75) is 31.7 Å².